The molecule has 1 saturated carbocycles. The number of esters is 1. The molecule has 0 radical (unpaired) electrons. The molecule has 1 aromatic carbocycles. The number of carbonyl (C=O) groups excluding carboxylic acids is 2. The van der Waals surface area contributed by atoms with Crippen LogP contribution in [0.25, 0.3) is 0 Å². The molecule has 1 N–H and O–H groups in total. The van der Waals surface area contributed by atoms with Crippen LogP contribution in [0.15, 0.2) is 24.3 Å². The summed E-state index contributed by atoms with van der Waals surface area (Å²) >= 11 is 1.56. The number of amidine groups is 1. The Kier molecular flexibility index (Phi) is 7.21. The number of hydrogen-bond acceptors (Lipinski definition) is 6. The van der Waals surface area contributed by atoms with E-state index in [9.17, 15) is 20.3 Å². The third-order valence-corrected chi connectivity index (χ3v) is 9.89. The molecule has 5 rings (SSSR count). The van der Waals surface area contributed by atoms with Gasteiger partial charge in [-0.05, 0) is 67.6 Å². The molecule has 2 fully saturated rings. The number of carbonyl (C=O) groups is 2. The molecule has 38 heavy (non-hydrogen) atoms. The Morgan fingerprint density at radius 2 is 1.89 bits per heavy atom. The van der Waals surface area contributed by atoms with E-state index in [1.54, 1.807) is 18.3 Å². The largest absolute Gasteiger partial charge is 0.462 e. The van der Waals surface area contributed by atoms with Gasteiger partial charge in [0.1, 0.15) is 22.5 Å². The Hall–Kier alpha value is -2.98. The summed E-state index contributed by atoms with van der Waals surface area (Å²) in [6, 6.07) is 10.3. The van der Waals surface area contributed by atoms with E-state index >= 15 is 0 Å². The molecule has 6 nitrogen and oxygen atoms in total. The molecule has 200 valence electrons. The first-order valence-electron chi connectivity index (χ1n) is 13.9. The Bertz CT molecular complexity index is 1300. The van der Waals surface area contributed by atoms with Crippen molar-refractivity contribution in [3.05, 3.63) is 51.4 Å². The van der Waals surface area contributed by atoms with Gasteiger partial charge in [0.15, 0.2) is 0 Å². The number of Topliss-reactive ketones (excluding diaryl/α,β-unsaturated/α-hetero) is 1. The molecule has 7 heteroatoms. The van der Waals surface area contributed by atoms with Crippen LogP contribution < -0.4 is 4.90 Å². The average molecular weight is 532 g/mol. The number of nitriles is 1. The van der Waals surface area contributed by atoms with E-state index in [1.165, 1.54) is 10.4 Å². The number of thiophene rings is 1. The Morgan fingerprint density at radius 1 is 1.18 bits per heavy atom. The third kappa shape index (κ3) is 4.47. The van der Waals surface area contributed by atoms with Gasteiger partial charge < -0.3 is 9.64 Å². The van der Waals surface area contributed by atoms with E-state index in [1.807, 2.05) is 17.0 Å². The predicted octanol–water partition coefficient (Wildman–Crippen LogP) is 6.46. The molecule has 2 heterocycles. The highest BCUT2D eigenvalue weighted by atomic mass is 32.1. The number of rotatable bonds is 5. The first kappa shape index (κ1) is 26.6. The molecule has 1 aliphatic heterocycles. The number of aryl methyl sites for hydroxylation is 2. The Balaban J connectivity index is 1.69. The van der Waals surface area contributed by atoms with Crippen molar-refractivity contribution in [3.63, 3.8) is 0 Å². The number of ketones is 1. The highest BCUT2D eigenvalue weighted by molar-refractivity contribution is 7.17. The average Bonchev–Trinajstić information content (AvgIpc) is 3.26. The summed E-state index contributed by atoms with van der Waals surface area (Å²) < 4.78 is 5.52. The summed E-state index contributed by atoms with van der Waals surface area (Å²) in [5.74, 6) is -1.63. The molecule has 3 aliphatic rings. The van der Waals surface area contributed by atoms with Crippen molar-refractivity contribution >= 4 is 33.9 Å². The van der Waals surface area contributed by atoms with Gasteiger partial charge in [-0.25, -0.2) is 4.79 Å². The van der Waals surface area contributed by atoms with Crippen molar-refractivity contribution in [1.29, 1.82) is 10.7 Å². The normalized spacial score (nSPS) is 26.3. The van der Waals surface area contributed by atoms with E-state index in [4.69, 9.17) is 4.74 Å². The molecule has 2 aromatic rings. The van der Waals surface area contributed by atoms with Crippen molar-refractivity contribution in [2.45, 2.75) is 84.6 Å². The zero-order valence-electron chi connectivity index (χ0n) is 22.8. The number of piperidine rings is 1. The standard InChI is InChI=1S/C31H37N3O3S/c1-5-18-11-13-19(14-12-18)25-21(17-32)28(33)34(22-15-31(3,4)16-23(35)27(22)25)29-26(30(36)37-6-2)20-9-7-8-10-24(20)38-29/h11-14,21-22,25,27,33H,5-10,15-16H2,1-4H3. The predicted molar refractivity (Wildman–Crippen MR) is 150 cm³/mol. The van der Waals surface area contributed by atoms with Gasteiger partial charge in [-0.2, -0.15) is 5.26 Å². The fourth-order valence-electron chi connectivity index (χ4n) is 6.88. The third-order valence-electron chi connectivity index (χ3n) is 8.60. The summed E-state index contributed by atoms with van der Waals surface area (Å²) in [4.78, 5) is 30.3. The minimum Gasteiger partial charge on any atom is -0.462 e. The second-order valence-electron chi connectivity index (χ2n) is 11.7. The lowest BCUT2D eigenvalue weighted by Gasteiger charge is -2.53. The number of nitrogens with one attached hydrogen (secondary N) is 1. The first-order valence-corrected chi connectivity index (χ1v) is 14.7. The zero-order chi connectivity index (χ0) is 27.2. The smallest absolute Gasteiger partial charge is 0.341 e. The molecule has 1 saturated heterocycles. The second kappa shape index (κ2) is 10.3. The number of fused-ring (bicyclic) bond motifs is 2. The van der Waals surface area contributed by atoms with Crippen LogP contribution in [-0.2, 0) is 28.8 Å². The van der Waals surface area contributed by atoms with Crippen molar-refractivity contribution in [2.75, 3.05) is 11.5 Å². The van der Waals surface area contributed by atoms with Crippen LogP contribution in [0.3, 0.4) is 0 Å². The summed E-state index contributed by atoms with van der Waals surface area (Å²) in [6.07, 6.45) is 5.87. The molecule has 0 bridgehead atoms. The van der Waals surface area contributed by atoms with Crippen LogP contribution in [0.2, 0.25) is 0 Å². The maximum atomic E-state index is 13.9. The molecule has 4 atom stereocenters. The highest BCUT2D eigenvalue weighted by Gasteiger charge is 2.56. The maximum absolute atomic E-state index is 13.9. The monoisotopic (exact) mass is 531 g/mol. The summed E-state index contributed by atoms with van der Waals surface area (Å²) in [5.41, 5.74) is 3.48. The molecule has 1 aromatic heterocycles. The second-order valence-corrected chi connectivity index (χ2v) is 12.8. The number of benzene rings is 1. The van der Waals surface area contributed by atoms with Gasteiger partial charge in [-0.3, -0.25) is 10.2 Å². The van der Waals surface area contributed by atoms with Crippen LogP contribution >= 0.6 is 11.3 Å². The van der Waals surface area contributed by atoms with Crippen LogP contribution in [0, 0.1) is 34.0 Å². The van der Waals surface area contributed by atoms with Crippen LogP contribution in [0.5, 0.6) is 0 Å². The summed E-state index contributed by atoms with van der Waals surface area (Å²) in [5, 5.41) is 20.6. The lowest BCUT2D eigenvalue weighted by atomic mass is 9.59. The number of anilines is 1. The fraction of sp³-hybridized carbons (Fsp3) is 0.548. The van der Waals surface area contributed by atoms with Gasteiger partial charge in [-0.1, -0.05) is 45.0 Å². The SMILES string of the molecule is CCOC(=O)c1c(N2C(=N)C(C#N)C(c3ccc(CC)cc3)C3C(=O)CC(C)(C)CC32)sc2c1CCCC2. The van der Waals surface area contributed by atoms with Gasteiger partial charge in [0, 0.05) is 29.2 Å². The van der Waals surface area contributed by atoms with Crippen molar-refractivity contribution in [2.24, 2.45) is 17.3 Å². The lowest BCUT2D eigenvalue weighted by Crippen LogP contribution is -2.61. The molecule has 4 unspecified atom stereocenters. The summed E-state index contributed by atoms with van der Waals surface area (Å²) in [6.45, 7) is 8.39. The van der Waals surface area contributed by atoms with E-state index < -0.39 is 11.8 Å². The van der Waals surface area contributed by atoms with E-state index in [2.05, 4.69) is 39.0 Å². The van der Waals surface area contributed by atoms with Crippen LogP contribution in [0.4, 0.5) is 5.00 Å². The molecular formula is C31H37N3O3S. The Morgan fingerprint density at radius 3 is 2.55 bits per heavy atom. The fourth-order valence-corrected chi connectivity index (χ4v) is 8.33. The Labute approximate surface area is 229 Å². The first-order chi connectivity index (χ1) is 18.2. The zero-order valence-corrected chi connectivity index (χ0v) is 23.6. The van der Waals surface area contributed by atoms with Gasteiger partial charge in [-0.15, -0.1) is 11.3 Å². The van der Waals surface area contributed by atoms with Crippen molar-refractivity contribution in [3.8, 4) is 6.07 Å². The highest BCUT2D eigenvalue weighted by Crippen LogP contribution is 2.53. The van der Waals surface area contributed by atoms with Crippen LogP contribution in [-0.4, -0.2) is 30.2 Å². The van der Waals surface area contributed by atoms with Crippen molar-refractivity contribution < 1.29 is 14.3 Å². The van der Waals surface area contributed by atoms with E-state index in [0.717, 1.165) is 43.2 Å². The molecular weight excluding hydrogens is 494 g/mol. The minimum absolute atomic E-state index is 0.146. The van der Waals surface area contributed by atoms with E-state index in [-0.39, 0.29) is 41.6 Å². The summed E-state index contributed by atoms with van der Waals surface area (Å²) in [7, 11) is 0. The minimum atomic E-state index is -0.789. The van der Waals surface area contributed by atoms with Gasteiger partial charge in [0.25, 0.3) is 0 Å². The maximum Gasteiger partial charge on any atom is 0.341 e. The van der Waals surface area contributed by atoms with Crippen LogP contribution in [0.1, 0.15) is 91.2 Å². The van der Waals surface area contributed by atoms with E-state index in [0.29, 0.717) is 23.4 Å². The van der Waals surface area contributed by atoms with Gasteiger partial charge >= 0.3 is 5.97 Å². The quantitative estimate of drug-likeness (QED) is 0.447. The number of hydrogen-bond donors (Lipinski definition) is 1. The van der Waals surface area contributed by atoms with Gasteiger partial charge in [0.05, 0.1) is 18.2 Å². The number of nitrogens with zero attached hydrogens (tertiary/aromatic N) is 2. The topological polar surface area (TPSA) is 94.2 Å². The molecule has 2 aliphatic carbocycles. The van der Waals surface area contributed by atoms with Gasteiger partial charge in [0.2, 0.25) is 0 Å². The number of ether oxygens (including phenoxy) is 1. The van der Waals surface area contributed by atoms with Crippen molar-refractivity contribution in [1.82, 2.24) is 0 Å². The molecule has 0 spiro atoms. The lowest BCUT2D eigenvalue weighted by molar-refractivity contribution is -0.130. The molecule has 0 amide bonds.